The number of aromatic hydroxyl groups is 1. The number of halogens is 2. The number of phenols is 1. The van der Waals surface area contributed by atoms with Crippen LogP contribution in [-0.2, 0) is 13.0 Å². The minimum absolute atomic E-state index is 0.218. The van der Waals surface area contributed by atoms with Gasteiger partial charge in [0.05, 0.1) is 0 Å². The molecule has 1 heterocycles. The molecule has 98 valence electrons. The number of benzene rings is 2. The van der Waals surface area contributed by atoms with Crippen LogP contribution in [0.5, 0.6) is 5.75 Å². The SMILES string of the molecule is Oc1ccc(Br)cc1CN1CCc2ccc(F)cc21. The van der Waals surface area contributed by atoms with E-state index in [1.54, 1.807) is 18.2 Å². The largest absolute Gasteiger partial charge is 0.508 e. The van der Waals surface area contributed by atoms with E-state index in [0.717, 1.165) is 34.3 Å². The predicted octanol–water partition coefficient (Wildman–Crippen LogP) is 3.86. The Hall–Kier alpha value is -1.55. The number of fused-ring (bicyclic) bond motifs is 1. The molecule has 0 radical (unpaired) electrons. The third kappa shape index (κ3) is 2.45. The Labute approximate surface area is 119 Å². The molecule has 1 N–H and O–H groups in total. The van der Waals surface area contributed by atoms with Crippen LogP contribution < -0.4 is 4.90 Å². The lowest BCUT2D eigenvalue weighted by atomic mass is 10.1. The van der Waals surface area contributed by atoms with E-state index in [0.29, 0.717) is 6.54 Å². The molecule has 0 atom stereocenters. The maximum Gasteiger partial charge on any atom is 0.125 e. The van der Waals surface area contributed by atoms with Gasteiger partial charge in [-0.1, -0.05) is 22.0 Å². The Morgan fingerprint density at radius 1 is 1.21 bits per heavy atom. The Morgan fingerprint density at radius 2 is 2.05 bits per heavy atom. The lowest BCUT2D eigenvalue weighted by Crippen LogP contribution is -2.19. The Morgan fingerprint density at radius 3 is 2.89 bits per heavy atom. The van der Waals surface area contributed by atoms with Gasteiger partial charge in [0, 0.05) is 28.8 Å². The van der Waals surface area contributed by atoms with E-state index in [-0.39, 0.29) is 11.6 Å². The molecule has 0 amide bonds. The van der Waals surface area contributed by atoms with Gasteiger partial charge in [0.25, 0.3) is 0 Å². The molecule has 19 heavy (non-hydrogen) atoms. The van der Waals surface area contributed by atoms with Gasteiger partial charge in [0.2, 0.25) is 0 Å². The van der Waals surface area contributed by atoms with Crippen molar-refractivity contribution < 1.29 is 9.50 Å². The second-order valence-corrected chi connectivity index (χ2v) is 5.63. The van der Waals surface area contributed by atoms with Crippen LogP contribution >= 0.6 is 15.9 Å². The fourth-order valence-corrected chi connectivity index (χ4v) is 2.88. The molecular formula is C15H13BrFNO. The molecular weight excluding hydrogens is 309 g/mol. The summed E-state index contributed by atoms with van der Waals surface area (Å²) in [6, 6.07) is 10.3. The smallest absolute Gasteiger partial charge is 0.125 e. The second-order valence-electron chi connectivity index (χ2n) is 4.72. The quantitative estimate of drug-likeness (QED) is 0.908. The van der Waals surface area contributed by atoms with E-state index < -0.39 is 0 Å². The number of anilines is 1. The summed E-state index contributed by atoms with van der Waals surface area (Å²) in [5.74, 6) is 0.0529. The van der Waals surface area contributed by atoms with Crippen LogP contribution in [0.2, 0.25) is 0 Å². The van der Waals surface area contributed by atoms with Crippen molar-refractivity contribution in [3.8, 4) is 5.75 Å². The minimum Gasteiger partial charge on any atom is -0.508 e. The zero-order valence-electron chi connectivity index (χ0n) is 10.2. The molecule has 1 aliphatic heterocycles. The van der Waals surface area contributed by atoms with Crippen LogP contribution in [0.3, 0.4) is 0 Å². The topological polar surface area (TPSA) is 23.5 Å². The molecule has 2 aromatic rings. The van der Waals surface area contributed by atoms with Crippen LogP contribution in [0.1, 0.15) is 11.1 Å². The first-order chi connectivity index (χ1) is 9.13. The van der Waals surface area contributed by atoms with Gasteiger partial charge in [-0.2, -0.15) is 0 Å². The third-order valence-corrected chi connectivity index (χ3v) is 3.94. The zero-order chi connectivity index (χ0) is 13.4. The van der Waals surface area contributed by atoms with Gasteiger partial charge in [-0.25, -0.2) is 4.39 Å². The number of hydrogen-bond acceptors (Lipinski definition) is 2. The normalized spacial score (nSPS) is 13.7. The van der Waals surface area contributed by atoms with Crippen LogP contribution in [0.15, 0.2) is 40.9 Å². The summed E-state index contributed by atoms with van der Waals surface area (Å²) in [4.78, 5) is 2.10. The molecule has 1 aliphatic rings. The molecule has 4 heteroatoms. The highest BCUT2D eigenvalue weighted by molar-refractivity contribution is 9.10. The Bertz CT molecular complexity index is 630. The molecule has 2 aromatic carbocycles. The summed E-state index contributed by atoms with van der Waals surface area (Å²) in [5, 5.41) is 9.88. The molecule has 3 rings (SSSR count). The fraction of sp³-hybridized carbons (Fsp3) is 0.200. The van der Waals surface area contributed by atoms with Gasteiger partial charge in [-0.15, -0.1) is 0 Å². The van der Waals surface area contributed by atoms with Gasteiger partial charge in [0.1, 0.15) is 11.6 Å². The first-order valence-electron chi connectivity index (χ1n) is 6.14. The van der Waals surface area contributed by atoms with Crippen LogP contribution in [0.25, 0.3) is 0 Å². The number of phenolic OH excluding ortho intramolecular Hbond substituents is 1. The minimum atomic E-state index is -0.218. The monoisotopic (exact) mass is 321 g/mol. The average molecular weight is 322 g/mol. The highest BCUT2D eigenvalue weighted by atomic mass is 79.9. The maximum atomic E-state index is 13.3. The van der Waals surface area contributed by atoms with Crippen molar-refractivity contribution >= 4 is 21.6 Å². The molecule has 0 saturated heterocycles. The van der Waals surface area contributed by atoms with Crippen molar-refractivity contribution in [1.82, 2.24) is 0 Å². The fourth-order valence-electron chi connectivity index (χ4n) is 2.47. The van der Waals surface area contributed by atoms with E-state index in [1.807, 2.05) is 12.1 Å². The van der Waals surface area contributed by atoms with Crippen molar-refractivity contribution in [2.75, 3.05) is 11.4 Å². The van der Waals surface area contributed by atoms with Crippen molar-refractivity contribution in [2.45, 2.75) is 13.0 Å². The predicted molar refractivity (Wildman–Crippen MR) is 77.0 cm³/mol. The Balaban J connectivity index is 1.90. The van der Waals surface area contributed by atoms with Crippen molar-refractivity contribution in [2.24, 2.45) is 0 Å². The molecule has 0 unspecified atom stereocenters. The summed E-state index contributed by atoms with van der Waals surface area (Å²) in [5.41, 5.74) is 2.93. The van der Waals surface area contributed by atoms with Crippen LogP contribution in [-0.4, -0.2) is 11.7 Å². The molecule has 0 bridgehead atoms. The highest BCUT2D eigenvalue weighted by Gasteiger charge is 2.20. The van der Waals surface area contributed by atoms with Gasteiger partial charge >= 0.3 is 0 Å². The van der Waals surface area contributed by atoms with E-state index >= 15 is 0 Å². The lowest BCUT2D eigenvalue weighted by Gasteiger charge is -2.20. The summed E-state index contributed by atoms with van der Waals surface area (Å²) in [6.45, 7) is 1.44. The highest BCUT2D eigenvalue weighted by Crippen LogP contribution is 2.32. The molecule has 0 saturated carbocycles. The molecule has 2 nitrogen and oxygen atoms in total. The zero-order valence-corrected chi connectivity index (χ0v) is 11.8. The first-order valence-corrected chi connectivity index (χ1v) is 6.93. The van der Waals surface area contributed by atoms with Gasteiger partial charge in [-0.05, 0) is 42.3 Å². The van der Waals surface area contributed by atoms with Crippen LogP contribution in [0, 0.1) is 5.82 Å². The Kier molecular flexibility index (Phi) is 3.19. The van der Waals surface area contributed by atoms with Crippen molar-refractivity contribution in [3.05, 3.63) is 57.8 Å². The molecule has 0 fully saturated rings. The van der Waals surface area contributed by atoms with E-state index in [2.05, 4.69) is 20.8 Å². The van der Waals surface area contributed by atoms with E-state index in [4.69, 9.17) is 0 Å². The summed E-state index contributed by atoms with van der Waals surface area (Å²) >= 11 is 3.40. The second kappa shape index (κ2) is 4.85. The van der Waals surface area contributed by atoms with Gasteiger partial charge < -0.3 is 10.0 Å². The molecule has 0 spiro atoms. The number of nitrogens with zero attached hydrogens (tertiary/aromatic N) is 1. The maximum absolute atomic E-state index is 13.3. The van der Waals surface area contributed by atoms with E-state index in [9.17, 15) is 9.50 Å². The number of rotatable bonds is 2. The van der Waals surface area contributed by atoms with Gasteiger partial charge in [0.15, 0.2) is 0 Å². The van der Waals surface area contributed by atoms with E-state index in [1.165, 1.54) is 6.07 Å². The number of hydrogen-bond donors (Lipinski definition) is 1. The van der Waals surface area contributed by atoms with Crippen molar-refractivity contribution in [3.63, 3.8) is 0 Å². The lowest BCUT2D eigenvalue weighted by molar-refractivity contribution is 0.467. The average Bonchev–Trinajstić information content (AvgIpc) is 2.77. The first kappa shape index (κ1) is 12.5. The molecule has 0 aliphatic carbocycles. The summed E-state index contributed by atoms with van der Waals surface area (Å²) < 4.78 is 14.3. The summed E-state index contributed by atoms with van der Waals surface area (Å²) in [7, 11) is 0. The standard InChI is InChI=1S/C15H13BrFNO/c16-12-2-4-15(19)11(7-12)9-18-6-5-10-1-3-13(17)8-14(10)18/h1-4,7-8,19H,5-6,9H2. The summed E-state index contributed by atoms with van der Waals surface area (Å²) in [6.07, 6.45) is 0.921. The third-order valence-electron chi connectivity index (χ3n) is 3.44. The molecule has 0 aromatic heterocycles. The van der Waals surface area contributed by atoms with Gasteiger partial charge in [-0.3, -0.25) is 0 Å². The van der Waals surface area contributed by atoms with Crippen molar-refractivity contribution in [1.29, 1.82) is 0 Å². The van der Waals surface area contributed by atoms with Crippen LogP contribution in [0.4, 0.5) is 10.1 Å².